The van der Waals surface area contributed by atoms with E-state index in [2.05, 4.69) is 11.8 Å². The number of likely N-dealkylation sites (tertiary alicyclic amines) is 1. The first-order chi connectivity index (χ1) is 8.33. The molecule has 0 amide bonds. The molecular weight excluding hydrogens is 210 g/mol. The van der Waals surface area contributed by atoms with Gasteiger partial charge in [0.25, 0.3) is 0 Å². The van der Waals surface area contributed by atoms with Gasteiger partial charge in [-0.3, -0.25) is 0 Å². The van der Waals surface area contributed by atoms with Gasteiger partial charge in [0, 0.05) is 13.1 Å². The van der Waals surface area contributed by atoms with Crippen molar-refractivity contribution in [3.05, 3.63) is 0 Å². The molecule has 0 aliphatic carbocycles. The highest BCUT2D eigenvalue weighted by atomic mass is 16.3. The molecule has 0 bridgehead atoms. The summed E-state index contributed by atoms with van der Waals surface area (Å²) in [5.74, 6) is 0. The van der Waals surface area contributed by atoms with E-state index in [9.17, 15) is 5.11 Å². The molecule has 0 aromatic heterocycles. The fourth-order valence-corrected chi connectivity index (χ4v) is 2.61. The van der Waals surface area contributed by atoms with Crippen LogP contribution in [0.5, 0.6) is 0 Å². The van der Waals surface area contributed by atoms with E-state index in [0.29, 0.717) is 0 Å². The molecule has 2 heteroatoms. The Morgan fingerprint density at radius 3 is 2.00 bits per heavy atom. The van der Waals surface area contributed by atoms with E-state index in [4.69, 9.17) is 0 Å². The molecule has 1 aliphatic heterocycles. The highest BCUT2D eigenvalue weighted by Crippen LogP contribution is 2.12. The Labute approximate surface area is 107 Å². The largest absolute Gasteiger partial charge is 0.393 e. The molecule has 0 atom stereocenters. The summed E-state index contributed by atoms with van der Waals surface area (Å²) in [6.07, 6.45) is 13.2. The third-order valence-electron chi connectivity index (χ3n) is 3.88. The summed E-state index contributed by atoms with van der Waals surface area (Å²) in [6.45, 7) is 5.74. The van der Waals surface area contributed by atoms with Crippen molar-refractivity contribution in [2.75, 3.05) is 19.6 Å². The Kier molecular flexibility index (Phi) is 8.72. The molecule has 0 unspecified atom stereocenters. The lowest BCUT2D eigenvalue weighted by Crippen LogP contribution is -2.36. The summed E-state index contributed by atoms with van der Waals surface area (Å²) in [7, 11) is 0. The van der Waals surface area contributed by atoms with Crippen LogP contribution in [0.25, 0.3) is 0 Å². The molecule has 1 aliphatic rings. The number of unbranched alkanes of at least 4 members (excludes halogenated alkanes) is 7. The van der Waals surface area contributed by atoms with Gasteiger partial charge in [0.15, 0.2) is 0 Å². The van der Waals surface area contributed by atoms with E-state index in [1.54, 1.807) is 0 Å². The number of rotatable bonds is 9. The van der Waals surface area contributed by atoms with Gasteiger partial charge < -0.3 is 10.0 Å². The van der Waals surface area contributed by atoms with Gasteiger partial charge in [-0.1, -0.05) is 51.9 Å². The Morgan fingerprint density at radius 1 is 0.882 bits per heavy atom. The summed E-state index contributed by atoms with van der Waals surface area (Å²) < 4.78 is 0. The SMILES string of the molecule is CCCCCCCCCCN1CCC(O)CC1. The maximum atomic E-state index is 9.41. The van der Waals surface area contributed by atoms with E-state index >= 15 is 0 Å². The van der Waals surface area contributed by atoms with E-state index in [-0.39, 0.29) is 6.10 Å². The molecule has 1 fully saturated rings. The van der Waals surface area contributed by atoms with Crippen molar-refractivity contribution in [1.29, 1.82) is 0 Å². The molecule has 102 valence electrons. The van der Waals surface area contributed by atoms with Crippen LogP contribution in [0.3, 0.4) is 0 Å². The zero-order chi connectivity index (χ0) is 12.3. The van der Waals surface area contributed by atoms with Gasteiger partial charge in [-0.25, -0.2) is 0 Å². The van der Waals surface area contributed by atoms with Gasteiger partial charge in [0.05, 0.1) is 6.10 Å². The first kappa shape index (κ1) is 15.0. The predicted molar refractivity (Wildman–Crippen MR) is 74.3 cm³/mol. The third kappa shape index (κ3) is 7.77. The van der Waals surface area contributed by atoms with Crippen LogP contribution in [0.1, 0.15) is 71.1 Å². The van der Waals surface area contributed by atoms with Gasteiger partial charge in [0.1, 0.15) is 0 Å². The summed E-state index contributed by atoms with van der Waals surface area (Å²) in [6, 6.07) is 0. The van der Waals surface area contributed by atoms with Gasteiger partial charge in [-0.15, -0.1) is 0 Å². The molecule has 17 heavy (non-hydrogen) atoms. The molecule has 1 heterocycles. The fourth-order valence-electron chi connectivity index (χ4n) is 2.61. The maximum Gasteiger partial charge on any atom is 0.0564 e. The highest BCUT2D eigenvalue weighted by Gasteiger charge is 2.15. The topological polar surface area (TPSA) is 23.5 Å². The number of piperidine rings is 1. The minimum atomic E-state index is -0.0233. The van der Waals surface area contributed by atoms with E-state index in [0.717, 1.165) is 25.9 Å². The normalized spacial score (nSPS) is 18.7. The van der Waals surface area contributed by atoms with Crippen LogP contribution in [0, 0.1) is 0 Å². The molecule has 2 nitrogen and oxygen atoms in total. The third-order valence-corrected chi connectivity index (χ3v) is 3.88. The van der Waals surface area contributed by atoms with Gasteiger partial charge in [-0.2, -0.15) is 0 Å². The second-order valence-electron chi connectivity index (χ2n) is 5.55. The highest BCUT2D eigenvalue weighted by molar-refractivity contribution is 4.70. The van der Waals surface area contributed by atoms with Crippen LogP contribution in [0.15, 0.2) is 0 Å². The second-order valence-corrected chi connectivity index (χ2v) is 5.55. The number of hydrogen-bond donors (Lipinski definition) is 1. The molecule has 1 saturated heterocycles. The number of aliphatic hydroxyl groups excluding tert-OH is 1. The van der Waals surface area contributed by atoms with Gasteiger partial charge in [0.2, 0.25) is 0 Å². The average molecular weight is 241 g/mol. The zero-order valence-corrected chi connectivity index (χ0v) is 11.7. The lowest BCUT2D eigenvalue weighted by Gasteiger charge is -2.29. The Balaban J connectivity index is 1.81. The quantitative estimate of drug-likeness (QED) is 0.624. The predicted octanol–water partition coefficient (Wildman–Crippen LogP) is 3.58. The minimum Gasteiger partial charge on any atom is -0.393 e. The van der Waals surface area contributed by atoms with Gasteiger partial charge >= 0.3 is 0 Å². The number of aliphatic hydroxyl groups is 1. The molecule has 1 N–H and O–H groups in total. The standard InChI is InChI=1S/C15H31NO/c1-2-3-4-5-6-7-8-9-12-16-13-10-15(17)11-14-16/h15,17H,2-14H2,1H3. The van der Waals surface area contributed by atoms with Crippen LogP contribution in [-0.2, 0) is 0 Å². The van der Waals surface area contributed by atoms with Crippen LogP contribution >= 0.6 is 0 Å². The van der Waals surface area contributed by atoms with Crippen LogP contribution in [-0.4, -0.2) is 35.7 Å². The van der Waals surface area contributed by atoms with Crippen LogP contribution in [0.4, 0.5) is 0 Å². The summed E-state index contributed by atoms with van der Waals surface area (Å²) in [5, 5.41) is 9.41. The molecule has 1 rings (SSSR count). The number of nitrogens with zero attached hydrogens (tertiary/aromatic N) is 1. The second kappa shape index (κ2) is 9.90. The van der Waals surface area contributed by atoms with Crippen molar-refractivity contribution in [3.63, 3.8) is 0 Å². The lowest BCUT2D eigenvalue weighted by molar-refractivity contribution is 0.0817. The fraction of sp³-hybridized carbons (Fsp3) is 1.00. The van der Waals surface area contributed by atoms with Crippen molar-refractivity contribution in [3.8, 4) is 0 Å². The van der Waals surface area contributed by atoms with E-state index in [1.165, 1.54) is 57.9 Å². The zero-order valence-electron chi connectivity index (χ0n) is 11.7. The van der Waals surface area contributed by atoms with Crippen molar-refractivity contribution in [2.24, 2.45) is 0 Å². The van der Waals surface area contributed by atoms with Crippen molar-refractivity contribution in [2.45, 2.75) is 77.2 Å². The van der Waals surface area contributed by atoms with E-state index in [1.807, 2.05) is 0 Å². The molecule has 0 radical (unpaired) electrons. The molecule has 0 saturated carbocycles. The van der Waals surface area contributed by atoms with Crippen molar-refractivity contribution < 1.29 is 5.11 Å². The maximum absolute atomic E-state index is 9.41. The summed E-state index contributed by atoms with van der Waals surface area (Å²) in [4.78, 5) is 2.52. The monoisotopic (exact) mass is 241 g/mol. The summed E-state index contributed by atoms with van der Waals surface area (Å²) in [5.41, 5.74) is 0. The van der Waals surface area contributed by atoms with Gasteiger partial charge in [-0.05, 0) is 25.8 Å². The smallest absolute Gasteiger partial charge is 0.0564 e. The Bertz CT molecular complexity index is 164. The Hall–Kier alpha value is -0.0800. The Morgan fingerprint density at radius 2 is 1.41 bits per heavy atom. The molecular formula is C15H31NO. The van der Waals surface area contributed by atoms with Crippen LogP contribution < -0.4 is 0 Å². The molecule has 0 spiro atoms. The first-order valence-corrected chi connectivity index (χ1v) is 7.73. The first-order valence-electron chi connectivity index (χ1n) is 7.73. The summed E-state index contributed by atoms with van der Waals surface area (Å²) >= 11 is 0. The van der Waals surface area contributed by atoms with E-state index < -0.39 is 0 Å². The van der Waals surface area contributed by atoms with Crippen LogP contribution in [0.2, 0.25) is 0 Å². The lowest BCUT2D eigenvalue weighted by atomic mass is 10.1. The van der Waals surface area contributed by atoms with Crippen molar-refractivity contribution >= 4 is 0 Å². The molecule has 0 aromatic carbocycles. The average Bonchev–Trinajstić information content (AvgIpc) is 2.35. The van der Waals surface area contributed by atoms with Crippen molar-refractivity contribution in [1.82, 2.24) is 4.90 Å². The molecule has 0 aromatic rings. The number of hydrogen-bond acceptors (Lipinski definition) is 2. The minimum absolute atomic E-state index is 0.0233.